The van der Waals surface area contributed by atoms with Gasteiger partial charge in [-0.05, 0) is 46.5 Å². The number of hydrogen-bond donors (Lipinski definition) is 1. The fourth-order valence-electron chi connectivity index (χ4n) is 5.74. The molecule has 3 aromatic heterocycles. The van der Waals surface area contributed by atoms with E-state index in [1.807, 2.05) is 115 Å². The highest BCUT2D eigenvalue weighted by atomic mass is 16.5. The van der Waals surface area contributed by atoms with E-state index in [4.69, 9.17) is 20.2 Å². The van der Waals surface area contributed by atoms with E-state index in [1.54, 1.807) is 28.4 Å². The van der Waals surface area contributed by atoms with E-state index in [0.29, 0.717) is 29.3 Å². The Morgan fingerprint density at radius 2 is 1.37 bits per heavy atom. The molecule has 0 spiro atoms. The number of imidazole rings is 1. The topological polar surface area (TPSA) is 106 Å². The Bertz CT molecular complexity index is 2280. The number of rotatable bonds is 9. The lowest BCUT2D eigenvalue weighted by Crippen LogP contribution is -2.21. The van der Waals surface area contributed by atoms with Gasteiger partial charge in [-0.3, -0.25) is 13.9 Å². The summed E-state index contributed by atoms with van der Waals surface area (Å²) in [7, 11) is 3.63. The Labute approximate surface area is 264 Å². The predicted molar refractivity (Wildman–Crippen MR) is 178 cm³/mol. The van der Waals surface area contributed by atoms with Gasteiger partial charge in [0.25, 0.3) is 5.91 Å². The summed E-state index contributed by atoms with van der Waals surface area (Å²) in [6.45, 7) is 0.617. The third-order valence-corrected chi connectivity index (χ3v) is 8.15. The van der Waals surface area contributed by atoms with Crippen molar-refractivity contribution >= 4 is 27.8 Å². The van der Waals surface area contributed by atoms with E-state index < -0.39 is 5.91 Å². The van der Waals surface area contributed by atoms with Gasteiger partial charge in [-0.2, -0.15) is 4.98 Å². The number of carbonyl (C=O) groups is 1. The molecule has 0 fully saturated rings. The number of fused-ring (bicyclic) bond motifs is 2. The first-order valence-electron chi connectivity index (χ1n) is 14.8. The summed E-state index contributed by atoms with van der Waals surface area (Å²) < 4.78 is 17.4. The van der Waals surface area contributed by atoms with Crippen LogP contribution in [0.3, 0.4) is 0 Å². The van der Waals surface area contributed by atoms with Gasteiger partial charge in [0.15, 0.2) is 0 Å². The van der Waals surface area contributed by atoms with Crippen LogP contribution in [-0.2, 0) is 27.3 Å². The quantitative estimate of drug-likeness (QED) is 0.212. The molecule has 7 aromatic rings. The Balaban J connectivity index is 1.28. The lowest BCUT2D eigenvalue weighted by Gasteiger charge is -2.14. The van der Waals surface area contributed by atoms with Crippen molar-refractivity contribution < 1.29 is 14.3 Å². The second kappa shape index (κ2) is 11.8. The number of hydrogen-bond acceptors (Lipinski definition) is 5. The highest BCUT2D eigenvalue weighted by molar-refractivity contribution is 6.07. The zero-order valence-corrected chi connectivity index (χ0v) is 25.4. The maximum atomic E-state index is 13.8. The van der Waals surface area contributed by atoms with Crippen molar-refractivity contribution in [2.45, 2.75) is 13.2 Å². The first-order chi connectivity index (χ1) is 22.4. The minimum atomic E-state index is -0.464. The molecule has 228 valence electrons. The summed E-state index contributed by atoms with van der Waals surface area (Å²) in [5.74, 6) is 0.211. The zero-order valence-electron chi connectivity index (χ0n) is 25.4. The molecule has 9 heteroatoms. The lowest BCUT2D eigenvalue weighted by molar-refractivity contribution is 0.100. The van der Waals surface area contributed by atoms with Crippen LogP contribution in [0.4, 0.5) is 0 Å². The molecule has 0 atom stereocenters. The van der Waals surface area contributed by atoms with Crippen LogP contribution in [0.2, 0.25) is 0 Å². The molecule has 0 unspecified atom stereocenters. The lowest BCUT2D eigenvalue weighted by atomic mass is 10.0. The summed E-state index contributed by atoms with van der Waals surface area (Å²) in [6, 6.07) is 35.0. The summed E-state index contributed by atoms with van der Waals surface area (Å²) in [5.41, 5.74) is 12.5. The SMILES string of the molecule is Cn1cc(C(N)=O)c2ccc(-c3ccc4c(c3)n(C)c(=O)n4-c3ccc(OCc4ccccc4)nc3OCc3ccccc3)cc21. The van der Waals surface area contributed by atoms with Crippen molar-refractivity contribution in [2.75, 3.05) is 0 Å². The molecule has 0 aliphatic heterocycles. The van der Waals surface area contributed by atoms with E-state index in [-0.39, 0.29) is 18.2 Å². The van der Waals surface area contributed by atoms with Crippen LogP contribution in [0, 0.1) is 0 Å². The van der Waals surface area contributed by atoms with Crippen molar-refractivity contribution in [3.05, 3.63) is 143 Å². The summed E-state index contributed by atoms with van der Waals surface area (Å²) in [5, 5.41) is 0.796. The second-order valence-corrected chi connectivity index (χ2v) is 11.2. The summed E-state index contributed by atoms with van der Waals surface area (Å²) in [6.07, 6.45) is 1.74. The fourth-order valence-corrected chi connectivity index (χ4v) is 5.74. The van der Waals surface area contributed by atoms with E-state index in [9.17, 15) is 9.59 Å². The number of nitrogens with two attached hydrogens (primary N) is 1. The number of benzene rings is 4. The van der Waals surface area contributed by atoms with Gasteiger partial charge in [-0.15, -0.1) is 0 Å². The number of nitrogens with zero attached hydrogens (tertiary/aromatic N) is 4. The molecule has 0 bridgehead atoms. The molecule has 7 rings (SSSR count). The largest absolute Gasteiger partial charge is 0.473 e. The monoisotopic (exact) mass is 609 g/mol. The van der Waals surface area contributed by atoms with Crippen LogP contribution < -0.4 is 20.9 Å². The number of amides is 1. The molecular weight excluding hydrogens is 578 g/mol. The van der Waals surface area contributed by atoms with Gasteiger partial charge in [-0.1, -0.05) is 78.9 Å². The number of aryl methyl sites for hydroxylation is 2. The first kappa shape index (κ1) is 28.7. The van der Waals surface area contributed by atoms with E-state index >= 15 is 0 Å². The molecule has 0 radical (unpaired) electrons. The van der Waals surface area contributed by atoms with Crippen LogP contribution in [0.5, 0.6) is 11.8 Å². The van der Waals surface area contributed by atoms with Crippen LogP contribution >= 0.6 is 0 Å². The van der Waals surface area contributed by atoms with Gasteiger partial charge < -0.3 is 19.8 Å². The normalized spacial score (nSPS) is 11.3. The van der Waals surface area contributed by atoms with Gasteiger partial charge in [-0.25, -0.2) is 4.79 Å². The zero-order chi connectivity index (χ0) is 31.8. The Hall–Kier alpha value is -6.09. The maximum absolute atomic E-state index is 13.8. The molecule has 0 aliphatic carbocycles. The third-order valence-electron chi connectivity index (χ3n) is 8.15. The Morgan fingerprint density at radius 1 is 0.739 bits per heavy atom. The predicted octanol–water partition coefficient (Wildman–Crippen LogP) is 6.14. The molecule has 4 aromatic carbocycles. The number of carbonyl (C=O) groups excluding carboxylic acids is 1. The van der Waals surface area contributed by atoms with Crippen molar-refractivity contribution in [1.29, 1.82) is 0 Å². The van der Waals surface area contributed by atoms with Crippen LogP contribution in [0.25, 0.3) is 38.8 Å². The number of aromatic nitrogens is 4. The van der Waals surface area contributed by atoms with Crippen LogP contribution in [0.1, 0.15) is 21.5 Å². The Kier molecular flexibility index (Phi) is 7.34. The average Bonchev–Trinajstić information content (AvgIpc) is 3.55. The van der Waals surface area contributed by atoms with Crippen molar-refractivity contribution in [1.82, 2.24) is 18.7 Å². The van der Waals surface area contributed by atoms with Gasteiger partial charge >= 0.3 is 5.69 Å². The van der Waals surface area contributed by atoms with E-state index in [0.717, 1.165) is 38.7 Å². The fraction of sp³-hybridized carbons (Fsp3) is 0.108. The standard InChI is InChI=1S/C37H31N5O4/c1-40-21-29(35(38)43)28-15-13-26(19-32(28)40)27-14-16-30-33(20-27)41(2)37(44)42(30)31-17-18-34(45-22-24-9-5-3-6-10-24)39-36(31)46-23-25-11-7-4-8-12-25/h3-21H,22-23H2,1-2H3,(H2,38,43). The van der Waals surface area contributed by atoms with Crippen molar-refractivity contribution in [3.8, 4) is 28.6 Å². The number of pyridine rings is 1. The van der Waals surface area contributed by atoms with Crippen LogP contribution in [-0.4, -0.2) is 24.6 Å². The van der Waals surface area contributed by atoms with Crippen molar-refractivity contribution in [3.63, 3.8) is 0 Å². The van der Waals surface area contributed by atoms with Crippen molar-refractivity contribution in [2.24, 2.45) is 19.8 Å². The van der Waals surface area contributed by atoms with E-state index in [1.165, 1.54) is 0 Å². The molecular formula is C37H31N5O4. The van der Waals surface area contributed by atoms with Gasteiger partial charge in [0.2, 0.25) is 11.8 Å². The Morgan fingerprint density at radius 3 is 2.04 bits per heavy atom. The molecule has 1 amide bonds. The molecule has 9 nitrogen and oxygen atoms in total. The minimum Gasteiger partial charge on any atom is -0.473 e. The molecule has 0 aliphatic rings. The molecule has 0 saturated heterocycles. The van der Waals surface area contributed by atoms with Gasteiger partial charge in [0.1, 0.15) is 18.9 Å². The van der Waals surface area contributed by atoms with Crippen LogP contribution in [0.15, 0.2) is 120 Å². The number of primary amides is 1. The van der Waals surface area contributed by atoms with E-state index in [2.05, 4.69) is 0 Å². The molecule has 46 heavy (non-hydrogen) atoms. The second-order valence-electron chi connectivity index (χ2n) is 11.2. The molecule has 2 N–H and O–H groups in total. The minimum absolute atomic E-state index is 0.236. The highest BCUT2D eigenvalue weighted by Crippen LogP contribution is 2.32. The van der Waals surface area contributed by atoms with Gasteiger partial charge in [0, 0.05) is 37.3 Å². The highest BCUT2D eigenvalue weighted by Gasteiger charge is 2.20. The third kappa shape index (κ3) is 5.28. The maximum Gasteiger partial charge on any atom is 0.333 e. The number of ether oxygens (including phenoxy) is 2. The first-order valence-corrected chi connectivity index (χ1v) is 14.8. The molecule has 3 heterocycles. The summed E-state index contributed by atoms with van der Waals surface area (Å²) >= 11 is 0. The van der Waals surface area contributed by atoms with Gasteiger partial charge in [0.05, 0.1) is 16.6 Å². The smallest absolute Gasteiger partial charge is 0.333 e. The average molecular weight is 610 g/mol. The molecule has 0 saturated carbocycles. The summed E-state index contributed by atoms with van der Waals surface area (Å²) in [4.78, 5) is 30.4.